The van der Waals surface area contributed by atoms with Crippen LogP contribution in [0.15, 0.2) is 48.0 Å². The van der Waals surface area contributed by atoms with Gasteiger partial charge in [0.1, 0.15) is 18.8 Å². The molecule has 2 aromatic carbocycles. The summed E-state index contributed by atoms with van der Waals surface area (Å²) in [7, 11) is 1.46. The van der Waals surface area contributed by atoms with E-state index >= 15 is 0 Å². The van der Waals surface area contributed by atoms with E-state index in [2.05, 4.69) is 5.32 Å². The molecular weight excluding hydrogens is 528 g/mol. The number of aliphatic hydroxyl groups is 3. The van der Waals surface area contributed by atoms with Crippen molar-refractivity contribution in [2.45, 2.75) is 44.2 Å². The highest BCUT2D eigenvalue weighted by Crippen LogP contribution is 2.51. The van der Waals surface area contributed by atoms with Crippen LogP contribution in [0.1, 0.15) is 29.5 Å². The van der Waals surface area contributed by atoms with E-state index in [0.29, 0.717) is 34.3 Å². The third-order valence-electron chi connectivity index (χ3n) is 6.87. The van der Waals surface area contributed by atoms with Crippen molar-refractivity contribution >= 4 is 23.4 Å². The number of hydrogen-bond donors (Lipinski definition) is 4. The number of amides is 2. The van der Waals surface area contributed by atoms with E-state index in [1.807, 2.05) is 0 Å². The fourth-order valence-electron chi connectivity index (χ4n) is 5.04. The van der Waals surface area contributed by atoms with Gasteiger partial charge in [-0.3, -0.25) is 9.59 Å². The van der Waals surface area contributed by atoms with Crippen LogP contribution in [-0.2, 0) is 27.5 Å². The summed E-state index contributed by atoms with van der Waals surface area (Å²) >= 11 is 6.04. The molecule has 0 aromatic heterocycles. The Morgan fingerprint density at radius 3 is 2.54 bits per heavy atom. The summed E-state index contributed by atoms with van der Waals surface area (Å²) in [5.74, 6) is -0.837. The van der Waals surface area contributed by atoms with Crippen molar-refractivity contribution in [2.24, 2.45) is 0 Å². The molecule has 1 aliphatic heterocycles. The molecular formula is C28H33ClN2O8. The predicted octanol–water partition coefficient (Wildman–Crippen LogP) is 1.53. The molecule has 2 aliphatic rings. The smallest absolute Gasteiger partial charge is 0.249 e. The van der Waals surface area contributed by atoms with Gasteiger partial charge < -0.3 is 39.7 Å². The fraction of sp³-hybridized carbons (Fsp3) is 0.429. The number of rotatable bonds is 11. The van der Waals surface area contributed by atoms with Crippen molar-refractivity contribution in [2.75, 3.05) is 33.5 Å². The maximum absolute atomic E-state index is 13.4. The average Bonchev–Trinajstić information content (AvgIpc) is 3.34. The Morgan fingerprint density at radius 1 is 1.15 bits per heavy atom. The van der Waals surface area contributed by atoms with Gasteiger partial charge in [-0.2, -0.15) is 0 Å². The number of fused-ring (bicyclic) bond motifs is 3. The van der Waals surface area contributed by atoms with Crippen LogP contribution >= 0.6 is 11.6 Å². The second-order valence-electron chi connectivity index (χ2n) is 9.30. The normalized spacial score (nSPS) is 21.3. The molecule has 0 unspecified atom stereocenters. The third-order valence-corrected chi connectivity index (χ3v) is 7.12. The van der Waals surface area contributed by atoms with Crippen LogP contribution in [0.25, 0.3) is 0 Å². The number of methoxy groups -OCH3 is 1. The summed E-state index contributed by atoms with van der Waals surface area (Å²) in [5.41, 5.74) is 2.17. The first kappa shape index (κ1) is 28.8. The van der Waals surface area contributed by atoms with Gasteiger partial charge in [0.05, 0.1) is 32.3 Å². The SMILES string of the molecule is CCOCC(=O)N(Cc1ccc(Cl)cc1)[C@@H]1C=C(C(=O)NCCO)[C@@H]2c3cc(CO)cc(OC)c3O[C@@H]2[C@H]1O. The molecule has 4 rings (SSSR count). The van der Waals surface area contributed by atoms with Crippen molar-refractivity contribution < 1.29 is 39.1 Å². The molecule has 1 aliphatic carbocycles. The summed E-state index contributed by atoms with van der Waals surface area (Å²) in [5, 5.41) is 34.0. The molecule has 11 heteroatoms. The molecule has 0 bridgehead atoms. The number of benzene rings is 2. The maximum atomic E-state index is 13.4. The van der Waals surface area contributed by atoms with Crippen molar-refractivity contribution in [3.63, 3.8) is 0 Å². The van der Waals surface area contributed by atoms with Crippen molar-refractivity contribution in [1.82, 2.24) is 10.2 Å². The number of halogens is 1. The van der Waals surface area contributed by atoms with Gasteiger partial charge in [-0.25, -0.2) is 0 Å². The zero-order valence-electron chi connectivity index (χ0n) is 21.8. The minimum absolute atomic E-state index is 0.0201. The van der Waals surface area contributed by atoms with Crippen LogP contribution in [0.3, 0.4) is 0 Å². The summed E-state index contributed by atoms with van der Waals surface area (Å²) in [4.78, 5) is 28.2. The Labute approximate surface area is 231 Å². The minimum atomic E-state index is -1.23. The lowest BCUT2D eigenvalue weighted by atomic mass is 9.77. The third kappa shape index (κ3) is 6.05. The molecule has 2 aromatic rings. The average molecular weight is 561 g/mol. The van der Waals surface area contributed by atoms with Crippen LogP contribution in [0.5, 0.6) is 11.5 Å². The zero-order chi connectivity index (χ0) is 28.1. The molecule has 0 saturated heterocycles. The van der Waals surface area contributed by atoms with E-state index in [1.165, 1.54) is 12.0 Å². The Bertz CT molecular complexity index is 1220. The topological polar surface area (TPSA) is 138 Å². The Morgan fingerprint density at radius 2 is 1.90 bits per heavy atom. The Hall–Kier alpha value is -3.15. The van der Waals surface area contributed by atoms with Crippen molar-refractivity contribution in [1.29, 1.82) is 0 Å². The quantitative estimate of drug-likeness (QED) is 0.325. The minimum Gasteiger partial charge on any atom is -0.493 e. The first-order valence-electron chi connectivity index (χ1n) is 12.7. The highest BCUT2D eigenvalue weighted by Gasteiger charge is 2.51. The molecule has 39 heavy (non-hydrogen) atoms. The van der Waals surface area contributed by atoms with Crippen LogP contribution in [-0.4, -0.2) is 83.8 Å². The van der Waals surface area contributed by atoms with Gasteiger partial charge in [-0.15, -0.1) is 0 Å². The molecule has 0 spiro atoms. The first-order chi connectivity index (χ1) is 18.8. The molecule has 4 N–H and O–H groups in total. The molecule has 0 saturated carbocycles. The van der Waals surface area contributed by atoms with Gasteiger partial charge in [0.2, 0.25) is 11.8 Å². The lowest BCUT2D eigenvalue weighted by Gasteiger charge is -2.40. The Balaban J connectivity index is 1.80. The van der Waals surface area contributed by atoms with Gasteiger partial charge >= 0.3 is 0 Å². The van der Waals surface area contributed by atoms with Gasteiger partial charge in [0.25, 0.3) is 0 Å². The van der Waals surface area contributed by atoms with Gasteiger partial charge in [-0.05, 0) is 48.4 Å². The summed E-state index contributed by atoms with van der Waals surface area (Å²) in [6.07, 6.45) is -0.577. The standard InChI is InChI=1S/C28H33ClN2O8/c1-3-38-15-23(34)31(13-16-4-6-18(29)7-5-16)21-12-20(28(36)30-8-9-32)24-19-10-17(14-33)11-22(37-2)26(19)39-27(24)25(21)35/h4-7,10-12,21,24-25,27,32-33,35H,3,8-9,13-15H2,1-2H3,(H,30,36)/t21-,24+,25+,27+/m1/s1. The highest BCUT2D eigenvalue weighted by atomic mass is 35.5. The zero-order valence-corrected chi connectivity index (χ0v) is 22.6. The van der Waals surface area contributed by atoms with Crippen LogP contribution < -0.4 is 14.8 Å². The lowest BCUT2D eigenvalue weighted by Crippen LogP contribution is -2.56. The second kappa shape index (κ2) is 12.8. The number of carbonyl (C=O) groups excluding carboxylic acids is 2. The number of carbonyl (C=O) groups is 2. The number of hydrogen-bond acceptors (Lipinski definition) is 8. The molecule has 10 nitrogen and oxygen atoms in total. The van der Waals surface area contributed by atoms with Crippen LogP contribution in [0, 0.1) is 0 Å². The molecule has 1 heterocycles. The van der Waals surface area contributed by atoms with Crippen molar-refractivity contribution in [3.8, 4) is 11.5 Å². The van der Waals surface area contributed by atoms with E-state index in [9.17, 15) is 24.9 Å². The lowest BCUT2D eigenvalue weighted by molar-refractivity contribution is -0.142. The van der Waals surface area contributed by atoms with Gasteiger partial charge in [0, 0.05) is 35.9 Å². The number of nitrogens with zero attached hydrogens (tertiary/aromatic N) is 1. The maximum Gasteiger partial charge on any atom is 0.249 e. The largest absolute Gasteiger partial charge is 0.493 e. The first-order valence-corrected chi connectivity index (χ1v) is 13.1. The monoisotopic (exact) mass is 560 g/mol. The molecule has 2 amide bonds. The molecule has 0 fully saturated rings. The summed E-state index contributed by atoms with van der Waals surface area (Å²) < 4.78 is 17.1. The van der Waals surface area contributed by atoms with Gasteiger partial charge in [-0.1, -0.05) is 23.7 Å². The van der Waals surface area contributed by atoms with Crippen LogP contribution in [0.2, 0.25) is 5.02 Å². The molecule has 4 atom stereocenters. The summed E-state index contributed by atoms with van der Waals surface area (Å²) in [6, 6.07) is 9.39. The Kier molecular flexibility index (Phi) is 9.47. The second-order valence-corrected chi connectivity index (χ2v) is 9.74. The number of nitrogens with one attached hydrogen (secondary N) is 1. The highest BCUT2D eigenvalue weighted by molar-refractivity contribution is 6.30. The van der Waals surface area contributed by atoms with E-state index in [1.54, 1.807) is 49.4 Å². The number of aliphatic hydroxyl groups excluding tert-OH is 3. The molecule has 210 valence electrons. The fourth-order valence-corrected chi connectivity index (χ4v) is 5.16. The van der Waals surface area contributed by atoms with E-state index in [0.717, 1.165) is 5.56 Å². The van der Waals surface area contributed by atoms with E-state index < -0.39 is 30.1 Å². The van der Waals surface area contributed by atoms with Crippen molar-refractivity contribution in [3.05, 3.63) is 69.8 Å². The van der Waals surface area contributed by atoms with Gasteiger partial charge in [0.15, 0.2) is 11.5 Å². The number of ether oxygens (including phenoxy) is 3. The predicted molar refractivity (Wildman–Crippen MR) is 143 cm³/mol. The van der Waals surface area contributed by atoms with Crippen LogP contribution in [0.4, 0.5) is 0 Å². The summed E-state index contributed by atoms with van der Waals surface area (Å²) in [6.45, 7) is 1.51. The molecule has 0 radical (unpaired) electrons. The van der Waals surface area contributed by atoms with E-state index in [-0.39, 0.29) is 44.4 Å². The van der Waals surface area contributed by atoms with E-state index in [4.69, 9.17) is 25.8 Å².